The number of hydrogen-bond acceptors (Lipinski definition) is 3. The van der Waals surface area contributed by atoms with E-state index in [9.17, 15) is 5.11 Å². The summed E-state index contributed by atoms with van der Waals surface area (Å²) in [5.41, 5.74) is 1.08. The summed E-state index contributed by atoms with van der Waals surface area (Å²) in [5, 5.41) is 9.86. The summed E-state index contributed by atoms with van der Waals surface area (Å²) in [7, 11) is 0. The van der Waals surface area contributed by atoms with E-state index in [4.69, 9.17) is 16.3 Å². The summed E-state index contributed by atoms with van der Waals surface area (Å²) in [6.07, 6.45) is 0. The molecule has 0 unspecified atom stereocenters. The number of nitrogens with zero attached hydrogens (tertiary/aromatic N) is 1. The van der Waals surface area contributed by atoms with Gasteiger partial charge in [0.2, 0.25) is 0 Å². The van der Waals surface area contributed by atoms with E-state index in [1.165, 1.54) is 0 Å². The zero-order chi connectivity index (χ0) is 10.7. The van der Waals surface area contributed by atoms with Crippen molar-refractivity contribution in [2.75, 3.05) is 26.3 Å². The first-order chi connectivity index (χ1) is 7.25. The predicted molar refractivity (Wildman–Crippen MR) is 59.2 cm³/mol. The molecular formula is C11H14ClNO2. The van der Waals surface area contributed by atoms with Crippen molar-refractivity contribution in [3.05, 3.63) is 28.8 Å². The molecule has 1 N–H and O–H groups in total. The van der Waals surface area contributed by atoms with Crippen LogP contribution in [-0.4, -0.2) is 36.3 Å². The van der Waals surface area contributed by atoms with Crippen LogP contribution in [0.25, 0.3) is 0 Å². The minimum atomic E-state index is 0.155. The Morgan fingerprint density at radius 1 is 1.33 bits per heavy atom. The van der Waals surface area contributed by atoms with E-state index in [0.717, 1.165) is 38.4 Å². The average Bonchev–Trinajstić information content (AvgIpc) is 2.25. The van der Waals surface area contributed by atoms with Gasteiger partial charge in [0.05, 0.1) is 18.2 Å². The van der Waals surface area contributed by atoms with Crippen LogP contribution in [0.15, 0.2) is 18.2 Å². The van der Waals surface area contributed by atoms with E-state index in [-0.39, 0.29) is 5.75 Å². The van der Waals surface area contributed by atoms with Gasteiger partial charge in [-0.2, -0.15) is 0 Å². The second-order valence-electron chi connectivity index (χ2n) is 3.67. The fraction of sp³-hybridized carbons (Fsp3) is 0.455. The highest BCUT2D eigenvalue weighted by Gasteiger charge is 2.11. The van der Waals surface area contributed by atoms with E-state index < -0.39 is 0 Å². The van der Waals surface area contributed by atoms with Gasteiger partial charge in [-0.3, -0.25) is 4.90 Å². The maximum atomic E-state index is 9.45. The molecular weight excluding hydrogens is 214 g/mol. The lowest BCUT2D eigenvalue weighted by molar-refractivity contribution is 0.0342. The lowest BCUT2D eigenvalue weighted by Crippen LogP contribution is -2.35. The van der Waals surface area contributed by atoms with Gasteiger partial charge in [0.15, 0.2) is 0 Å². The fourth-order valence-corrected chi connectivity index (χ4v) is 1.79. The standard InChI is InChI=1S/C11H14ClNO2/c12-10-2-1-9(7-11(10)14)8-13-3-5-15-6-4-13/h1-2,7,14H,3-6,8H2. The van der Waals surface area contributed by atoms with Crippen molar-refractivity contribution >= 4 is 11.6 Å². The molecule has 0 aliphatic carbocycles. The number of halogens is 1. The molecule has 82 valence electrons. The highest BCUT2D eigenvalue weighted by atomic mass is 35.5. The first-order valence-electron chi connectivity index (χ1n) is 5.03. The van der Waals surface area contributed by atoms with Crippen LogP contribution in [0.1, 0.15) is 5.56 Å². The lowest BCUT2D eigenvalue weighted by Gasteiger charge is -2.26. The number of benzene rings is 1. The molecule has 0 amide bonds. The zero-order valence-corrected chi connectivity index (χ0v) is 9.20. The maximum Gasteiger partial charge on any atom is 0.134 e. The summed E-state index contributed by atoms with van der Waals surface area (Å²) < 4.78 is 5.27. The smallest absolute Gasteiger partial charge is 0.134 e. The van der Waals surface area contributed by atoms with Crippen molar-refractivity contribution in [2.45, 2.75) is 6.54 Å². The molecule has 1 aromatic rings. The predicted octanol–water partition coefficient (Wildman–Crippen LogP) is 1.88. The van der Waals surface area contributed by atoms with Crippen LogP contribution in [0.2, 0.25) is 5.02 Å². The molecule has 3 nitrogen and oxygen atoms in total. The maximum absolute atomic E-state index is 9.45. The SMILES string of the molecule is Oc1cc(CN2CCOCC2)ccc1Cl. The number of phenols is 1. The Morgan fingerprint density at radius 3 is 2.73 bits per heavy atom. The third-order valence-corrected chi connectivity index (χ3v) is 2.84. The Bertz CT molecular complexity index is 337. The molecule has 0 spiro atoms. The normalized spacial score (nSPS) is 17.9. The second kappa shape index (κ2) is 4.84. The monoisotopic (exact) mass is 227 g/mol. The minimum absolute atomic E-state index is 0.155. The molecule has 1 aliphatic rings. The Hall–Kier alpha value is -0.770. The fourth-order valence-electron chi connectivity index (χ4n) is 1.67. The van der Waals surface area contributed by atoms with E-state index in [1.54, 1.807) is 12.1 Å². The summed E-state index contributed by atoms with van der Waals surface area (Å²) in [6, 6.07) is 5.39. The van der Waals surface area contributed by atoms with Gasteiger partial charge < -0.3 is 9.84 Å². The van der Waals surface area contributed by atoms with Crippen molar-refractivity contribution in [1.29, 1.82) is 0 Å². The van der Waals surface area contributed by atoms with Gasteiger partial charge >= 0.3 is 0 Å². The van der Waals surface area contributed by atoms with Crippen LogP contribution in [0.4, 0.5) is 0 Å². The number of ether oxygens (including phenoxy) is 1. The summed E-state index contributed by atoms with van der Waals surface area (Å²) in [4.78, 5) is 2.30. The number of morpholine rings is 1. The molecule has 1 heterocycles. The molecule has 0 aromatic heterocycles. The van der Waals surface area contributed by atoms with Gasteiger partial charge in [-0.15, -0.1) is 0 Å². The van der Waals surface area contributed by atoms with E-state index in [2.05, 4.69) is 4.90 Å². The Morgan fingerprint density at radius 2 is 2.07 bits per heavy atom. The number of hydrogen-bond donors (Lipinski definition) is 1. The average molecular weight is 228 g/mol. The van der Waals surface area contributed by atoms with Gasteiger partial charge in [0.25, 0.3) is 0 Å². The molecule has 1 saturated heterocycles. The molecule has 0 radical (unpaired) electrons. The largest absolute Gasteiger partial charge is 0.506 e. The van der Waals surface area contributed by atoms with Crippen molar-refractivity contribution in [3.8, 4) is 5.75 Å². The molecule has 0 saturated carbocycles. The van der Waals surface area contributed by atoms with Crippen LogP contribution in [0.3, 0.4) is 0 Å². The van der Waals surface area contributed by atoms with E-state index in [1.807, 2.05) is 6.07 Å². The topological polar surface area (TPSA) is 32.7 Å². The molecule has 2 rings (SSSR count). The highest BCUT2D eigenvalue weighted by molar-refractivity contribution is 6.31. The van der Waals surface area contributed by atoms with Crippen molar-refractivity contribution < 1.29 is 9.84 Å². The number of aromatic hydroxyl groups is 1. The molecule has 1 aromatic carbocycles. The quantitative estimate of drug-likeness (QED) is 0.838. The van der Waals surface area contributed by atoms with Gasteiger partial charge in [0, 0.05) is 19.6 Å². The van der Waals surface area contributed by atoms with Crippen LogP contribution in [0, 0.1) is 0 Å². The first-order valence-corrected chi connectivity index (χ1v) is 5.41. The van der Waals surface area contributed by atoms with Gasteiger partial charge in [-0.1, -0.05) is 17.7 Å². The summed E-state index contributed by atoms with van der Waals surface area (Å²) in [5.74, 6) is 0.155. The zero-order valence-electron chi connectivity index (χ0n) is 8.45. The van der Waals surface area contributed by atoms with Crippen LogP contribution < -0.4 is 0 Å². The van der Waals surface area contributed by atoms with Crippen molar-refractivity contribution in [2.24, 2.45) is 0 Å². The third-order valence-electron chi connectivity index (χ3n) is 2.52. The molecule has 1 fully saturated rings. The summed E-state index contributed by atoms with van der Waals surface area (Å²) >= 11 is 5.74. The number of phenolic OH excluding ortho intramolecular Hbond substituents is 1. The Labute approximate surface area is 94.2 Å². The second-order valence-corrected chi connectivity index (χ2v) is 4.08. The van der Waals surface area contributed by atoms with Crippen molar-refractivity contribution in [3.63, 3.8) is 0 Å². The van der Waals surface area contributed by atoms with Crippen LogP contribution in [0.5, 0.6) is 5.75 Å². The molecule has 0 atom stereocenters. The highest BCUT2D eigenvalue weighted by Crippen LogP contribution is 2.24. The van der Waals surface area contributed by atoms with Crippen LogP contribution in [-0.2, 0) is 11.3 Å². The van der Waals surface area contributed by atoms with E-state index >= 15 is 0 Å². The Balaban J connectivity index is 2.00. The molecule has 1 aliphatic heterocycles. The first kappa shape index (κ1) is 10.7. The third kappa shape index (κ3) is 2.84. The van der Waals surface area contributed by atoms with Crippen molar-refractivity contribution in [1.82, 2.24) is 4.90 Å². The molecule has 4 heteroatoms. The Kier molecular flexibility index (Phi) is 3.46. The van der Waals surface area contributed by atoms with Gasteiger partial charge in [-0.05, 0) is 17.7 Å². The lowest BCUT2D eigenvalue weighted by atomic mass is 10.2. The van der Waals surface area contributed by atoms with E-state index in [0.29, 0.717) is 5.02 Å². The number of rotatable bonds is 2. The minimum Gasteiger partial charge on any atom is -0.506 e. The van der Waals surface area contributed by atoms with Gasteiger partial charge in [0.1, 0.15) is 5.75 Å². The molecule has 0 bridgehead atoms. The summed E-state index contributed by atoms with van der Waals surface area (Å²) in [6.45, 7) is 4.32. The van der Waals surface area contributed by atoms with Gasteiger partial charge in [-0.25, -0.2) is 0 Å². The molecule has 15 heavy (non-hydrogen) atoms. The van der Waals surface area contributed by atoms with Crippen LogP contribution >= 0.6 is 11.6 Å².